The summed E-state index contributed by atoms with van der Waals surface area (Å²) in [6, 6.07) is 0. The molecule has 0 atom stereocenters. The van der Waals surface area contributed by atoms with E-state index in [2.05, 4.69) is 22.2 Å². The van der Waals surface area contributed by atoms with Crippen molar-refractivity contribution in [1.82, 2.24) is 0 Å². The Morgan fingerprint density at radius 1 is 1.78 bits per heavy atom. The molecule has 0 amide bonds. The SMILES string of the molecule is CON=C(C=S)C(C)=O. The van der Waals surface area contributed by atoms with Crippen molar-refractivity contribution in [3.8, 4) is 0 Å². The molecule has 4 heteroatoms. The second kappa shape index (κ2) is 4.14. The average molecular weight is 145 g/mol. The second-order valence-corrected chi connectivity index (χ2v) is 1.57. The van der Waals surface area contributed by atoms with Crippen LogP contribution in [0.25, 0.3) is 0 Å². The van der Waals surface area contributed by atoms with Crippen molar-refractivity contribution in [3.63, 3.8) is 0 Å². The molecule has 0 aliphatic heterocycles. The van der Waals surface area contributed by atoms with Gasteiger partial charge in [-0.3, -0.25) is 4.79 Å². The number of carbonyl (C=O) groups excluding carboxylic acids is 1. The first-order valence-electron chi connectivity index (χ1n) is 2.29. The van der Waals surface area contributed by atoms with E-state index in [9.17, 15) is 4.79 Å². The molecule has 0 fully saturated rings. The van der Waals surface area contributed by atoms with Crippen LogP contribution in [0.3, 0.4) is 0 Å². The molecule has 3 nitrogen and oxygen atoms in total. The molecule has 0 heterocycles. The maximum Gasteiger partial charge on any atom is 0.182 e. The molecule has 0 spiro atoms. The summed E-state index contributed by atoms with van der Waals surface area (Å²) in [7, 11) is 1.36. The number of oxime groups is 1. The predicted molar refractivity (Wildman–Crippen MR) is 38.8 cm³/mol. The number of nitrogens with zero attached hydrogens (tertiary/aromatic N) is 1. The second-order valence-electron chi connectivity index (χ2n) is 1.33. The molecule has 0 bridgehead atoms. The summed E-state index contributed by atoms with van der Waals surface area (Å²) in [5.74, 6) is -0.188. The topological polar surface area (TPSA) is 38.7 Å². The number of thiocarbonyl (C=S) groups is 1. The molecule has 50 valence electrons. The minimum atomic E-state index is -0.188. The van der Waals surface area contributed by atoms with Crippen molar-refractivity contribution in [2.24, 2.45) is 5.16 Å². The fourth-order valence-corrected chi connectivity index (χ4v) is 0.476. The smallest absolute Gasteiger partial charge is 0.182 e. The maximum atomic E-state index is 10.5. The van der Waals surface area contributed by atoms with E-state index in [4.69, 9.17) is 0 Å². The van der Waals surface area contributed by atoms with Gasteiger partial charge in [0.2, 0.25) is 0 Å². The first-order valence-corrected chi connectivity index (χ1v) is 2.76. The molecule has 0 saturated heterocycles. The highest BCUT2D eigenvalue weighted by atomic mass is 32.1. The van der Waals surface area contributed by atoms with Gasteiger partial charge in [-0.25, -0.2) is 0 Å². The number of rotatable bonds is 3. The van der Waals surface area contributed by atoms with E-state index >= 15 is 0 Å². The Kier molecular flexibility index (Phi) is 3.79. The summed E-state index contributed by atoms with van der Waals surface area (Å²) in [4.78, 5) is 14.8. The molecule has 0 aromatic rings. The van der Waals surface area contributed by atoms with Gasteiger partial charge >= 0.3 is 0 Å². The van der Waals surface area contributed by atoms with Crippen LogP contribution in [0.4, 0.5) is 0 Å². The summed E-state index contributed by atoms with van der Waals surface area (Å²) >= 11 is 4.46. The lowest BCUT2D eigenvalue weighted by Crippen LogP contribution is -2.10. The molecular formula is C5H7NO2S. The molecule has 0 radical (unpaired) electrons. The fourth-order valence-electron chi connectivity index (χ4n) is 0.267. The highest BCUT2D eigenvalue weighted by molar-refractivity contribution is 7.80. The number of Topliss-reactive ketones (excluding diaryl/α,β-unsaturated/α-hetero) is 1. The Bertz CT molecular complexity index is 153. The van der Waals surface area contributed by atoms with Crippen LogP contribution in [-0.2, 0) is 9.63 Å². The van der Waals surface area contributed by atoms with Crippen LogP contribution < -0.4 is 0 Å². The Balaban J connectivity index is 4.14. The maximum absolute atomic E-state index is 10.5. The van der Waals surface area contributed by atoms with Crippen LogP contribution in [0.15, 0.2) is 5.16 Å². The zero-order chi connectivity index (χ0) is 7.28. The Morgan fingerprint density at radius 3 is 2.44 bits per heavy atom. The van der Waals surface area contributed by atoms with Crippen LogP contribution in [-0.4, -0.2) is 24.0 Å². The Morgan fingerprint density at radius 2 is 2.33 bits per heavy atom. The molecule has 0 rings (SSSR count). The van der Waals surface area contributed by atoms with Crippen LogP contribution in [0.2, 0.25) is 0 Å². The highest BCUT2D eigenvalue weighted by Gasteiger charge is 1.99. The van der Waals surface area contributed by atoms with Gasteiger partial charge in [0.05, 0.1) is 0 Å². The van der Waals surface area contributed by atoms with Crippen LogP contribution in [0.5, 0.6) is 0 Å². The molecule has 0 aromatic heterocycles. The van der Waals surface area contributed by atoms with E-state index in [1.54, 1.807) is 0 Å². The molecule has 0 aliphatic rings. The highest BCUT2D eigenvalue weighted by Crippen LogP contribution is 1.78. The van der Waals surface area contributed by atoms with E-state index in [1.807, 2.05) is 0 Å². The Hall–Kier alpha value is -0.770. The first-order chi connectivity index (χ1) is 4.22. The minimum absolute atomic E-state index is 0.174. The third kappa shape index (κ3) is 2.92. The zero-order valence-corrected chi connectivity index (χ0v) is 6.07. The van der Waals surface area contributed by atoms with E-state index in [0.29, 0.717) is 0 Å². The third-order valence-electron chi connectivity index (χ3n) is 0.662. The fraction of sp³-hybridized carbons (Fsp3) is 0.400. The normalized spacial score (nSPS) is 10.7. The lowest BCUT2D eigenvalue weighted by Gasteiger charge is -1.89. The molecule has 0 unspecified atom stereocenters. The van der Waals surface area contributed by atoms with Crippen molar-refractivity contribution >= 4 is 29.1 Å². The van der Waals surface area contributed by atoms with Gasteiger partial charge in [0.1, 0.15) is 7.11 Å². The summed E-state index contributed by atoms with van der Waals surface area (Å²) < 4.78 is 0. The number of hydrogen-bond donors (Lipinski definition) is 0. The molecule has 0 aromatic carbocycles. The summed E-state index contributed by atoms with van der Waals surface area (Å²) in [6.07, 6.45) is 0. The summed E-state index contributed by atoms with van der Waals surface area (Å²) in [5.41, 5.74) is 0.174. The van der Waals surface area contributed by atoms with Crippen LogP contribution in [0.1, 0.15) is 6.92 Å². The van der Waals surface area contributed by atoms with E-state index in [0.717, 1.165) is 0 Å². The monoisotopic (exact) mass is 145 g/mol. The van der Waals surface area contributed by atoms with Gasteiger partial charge in [-0.15, -0.1) is 0 Å². The predicted octanol–water partition coefficient (Wildman–Crippen LogP) is 0.578. The van der Waals surface area contributed by atoms with Crippen molar-refractivity contribution < 1.29 is 9.63 Å². The van der Waals surface area contributed by atoms with Gasteiger partial charge in [0.15, 0.2) is 11.5 Å². The average Bonchev–Trinajstić information content (AvgIpc) is 1.82. The van der Waals surface area contributed by atoms with Crippen molar-refractivity contribution in [1.29, 1.82) is 0 Å². The van der Waals surface area contributed by atoms with Crippen LogP contribution >= 0.6 is 12.2 Å². The first kappa shape index (κ1) is 8.23. The van der Waals surface area contributed by atoms with Gasteiger partial charge < -0.3 is 4.84 Å². The summed E-state index contributed by atoms with van der Waals surface area (Å²) in [5, 5.41) is 4.54. The quantitative estimate of drug-likeness (QED) is 0.331. The molecule has 0 saturated carbocycles. The third-order valence-corrected chi connectivity index (χ3v) is 0.885. The van der Waals surface area contributed by atoms with Crippen molar-refractivity contribution in [2.75, 3.05) is 7.11 Å². The minimum Gasteiger partial charge on any atom is -0.399 e. The van der Waals surface area contributed by atoms with E-state index in [-0.39, 0.29) is 11.5 Å². The lowest BCUT2D eigenvalue weighted by atomic mass is 10.3. The number of carbonyl (C=O) groups is 1. The van der Waals surface area contributed by atoms with E-state index < -0.39 is 0 Å². The summed E-state index contributed by atoms with van der Waals surface area (Å²) in [6.45, 7) is 1.38. The van der Waals surface area contributed by atoms with E-state index in [1.165, 1.54) is 19.4 Å². The van der Waals surface area contributed by atoms with Gasteiger partial charge in [0.25, 0.3) is 0 Å². The van der Waals surface area contributed by atoms with Gasteiger partial charge in [-0.1, -0.05) is 17.4 Å². The number of ketones is 1. The largest absolute Gasteiger partial charge is 0.399 e. The van der Waals surface area contributed by atoms with Crippen molar-refractivity contribution in [2.45, 2.75) is 6.92 Å². The standard InChI is InChI=1S/C5H7NO2S/c1-4(7)5(3-9)6-8-2/h3H,1-2H3. The lowest BCUT2D eigenvalue weighted by molar-refractivity contribution is -0.111. The van der Waals surface area contributed by atoms with Gasteiger partial charge in [0, 0.05) is 12.3 Å². The molecule has 0 aliphatic carbocycles. The van der Waals surface area contributed by atoms with Crippen molar-refractivity contribution in [3.05, 3.63) is 0 Å². The molecule has 9 heavy (non-hydrogen) atoms. The molecular weight excluding hydrogens is 138 g/mol. The Labute approximate surface area is 58.7 Å². The van der Waals surface area contributed by atoms with Crippen LogP contribution in [0, 0.1) is 0 Å². The molecule has 0 N–H and O–H groups in total. The van der Waals surface area contributed by atoms with Gasteiger partial charge in [-0.05, 0) is 0 Å². The zero-order valence-electron chi connectivity index (χ0n) is 5.25. The van der Waals surface area contributed by atoms with Gasteiger partial charge in [-0.2, -0.15) is 0 Å². The number of hydrogen-bond acceptors (Lipinski definition) is 4.